The van der Waals surface area contributed by atoms with E-state index in [9.17, 15) is 14.7 Å². The summed E-state index contributed by atoms with van der Waals surface area (Å²) in [5, 5.41) is 10.8. The summed E-state index contributed by atoms with van der Waals surface area (Å²) >= 11 is 12.5. The summed E-state index contributed by atoms with van der Waals surface area (Å²) in [5.74, 6) is 0.118. The van der Waals surface area contributed by atoms with Crippen LogP contribution in [0.5, 0.6) is 5.75 Å². The van der Waals surface area contributed by atoms with Gasteiger partial charge in [0.25, 0.3) is 11.8 Å². The van der Waals surface area contributed by atoms with Crippen LogP contribution in [0.4, 0.5) is 0 Å². The number of carbonyl (C=O) groups is 2. The number of aliphatic hydroxyl groups is 1. The minimum atomic E-state index is -1.16. The van der Waals surface area contributed by atoms with Gasteiger partial charge >= 0.3 is 0 Å². The Kier molecular flexibility index (Phi) is 5.66. The van der Waals surface area contributed by atoms with E-state index in [0.717, 1.165) is 11.1 Å². The summed E-state index contributed by atoms with van der Waals surface area (Å²) < 4.78 is 5.26. The lowest BCUT2D eigenvalue weighted by molar-refractivity contribution is -0.143. The van der Waals surface area contributed by atoms with Gasteiger partial charge in [-0.3, -0.25) is 9.59 Å². The van der Waals surface area contributed by atoms with Crippen molar-refractivity contribution in [2.24, 2.45) is 0 Å². The second-order valence-corrected chi connectivity index (χ2v) is 8.42. The van der Waals surface area contributed by atoms with E-state index < -0.39 is 5.60 Å². The van der Waals surface area contributed by atoms with Gasteiger partial charge in [-0.25, -0.2) is 0 Å². The molecule has 2 aliphatic rings. The third kappa shape index (κ3) is 3.87. The van der Waals surface area contributed by atoms with Crippen molar-refractivity contribution < 1.29 is 19.4 Å². The van der Waals surface area contributed by atoms with Crippen LogP contribution < -0.4 is 4.74 Å². The smallest absolute Gasteiger partial charge is 0.254 e. The maximum atomic E-state index is 12.9. The molecule has 2 aromatic carbocycles. The molecule has 0 spiro atoms. The van der Waals surface area contributed by atoms with E-state index in [0.29, 0.717) is 60.4 Å². The highest BCUT2D eigenvalue weighted by atomic mass is 35.5. The van der Waals surface area contributed by atoms with Gasteiger partial charge in [0.15, 0.2) is 5.75 Å². The van der Waals surface area contributed by atoms with E-state index in [1.54, 1.807) is 28.0 Å². The first-order chi connectivity index (χ1) is 14.3. The molecule has 2 aromatic rings. The molecule has 1 saturated heterocycles. The standard InChI is InChI=1S/C22H22Cl2N2O4/c1-30-19-17(23)7-6-16(18(19)24)14-2-4-15(5-3-14)20(27)25-10-12-26(13-11-25)21(28)22(29)8-9-22/h2-7,29H,8-13H2,1H3. The van der Waals surface area contributed by atoms with Crippen molar-refractivity contribution in [1.29, 1.82) is 0 Å². The monoisotopic (exact) mass is 448 g/mol. The Morgan fingerprint density at radius 1 is 0.967 bits per heavy atom. The normalized spacial score (nSPS) is 17.6. The summed E-state index contributed by atoms with van der Waals surface area (Å²) in [7, 11) is 1.51. The molecule has 1 heterocycles. The van der Waals surface area contributed by atoms with E-state index in [4.69, 9.17) is 27.9 Å². The van der Waals surface area contributed by atoms with Crippen molar-refractivity contribution in [3.8, 4) is 16.9 Å². The van der Waals surface area contributed by atoms with Crippen molar-refractivity contribution in [1.82, 2.24) is 9.80 Å². The summed E-state index contributed by atoms with van der Waals surface area (Å²) in [6.07, 6.45) is 1.06. The Morgan fingerprint density at radius 2 is 1.57 bits per heavy atom. The van der Waals surface area contributed by atoms with Crippen LogP contribution in [0.15, 0.2) is 36.4 Å². The number of methoxy groups -OCH3 is 1. The number of ether oxygens (including phenoxy) is 1. The van der Waals surface area contributed by atoms with Gasteiger partial charge in [-0.2, -0.15) is 0 Å². The number of halogens is 2. The van der Waals surface area contributed by atoms with E-state index in [2.05, 4.69) is 0 Å². The van der Waals surface area contributed by atoms with Crippen LogP contribution in [0.1, 0.15) is 23.2 Å². The first-order valence-corrected chi connectivity index (χ1v) is 10.5. The zero-order valence-electron chi connectivity index (χ0n) is 16.5. The van der Waals surface area contributed by atoms with Crippen LogP contribution in [0.3, 0.4) is 0 Å². The number of nitrogens with zero attached hydrogens (tertiary/aromatic N) is 2. The molecule has 0 unspecified atom stereocenters. The third-order valence-corrected chi connectivity index (χ3v) is 6.34. The van der Waals surface area contributed by atoms with Gasteiger partial charge in [-0.15, -0.1) is 0 Å². The molecule has 0 atom stereocenters. The van der Waals surface area contributed by atoms with E-state index in [1.807, 2.05) is 18.2 Å². The number of benzene rings is 2. The maximum Gasteiger partial charge on any atom is 0.254 e. The van der Waals surface area contributed by atoms with Crippen molar-refractivity contribution in [2.75, 3.05) is 33.3 Å². The zero-order valence-corrected chi connectivity index (χ0v) is 18.0. The van der Waals surface area contributed by atoms with Crippen LogP contribution in [0, 0.1) is 0 Å². The molecular formula is C22H22Cl2N2O4. The van der Waals surface area contributed by atoms with Crippen LogP contribution in [0.25, 0.3) is 11.1 Å². The van der Waals surface area contributed by atoms with Crippen LogP contribution in [0.2, 0.25) is 10.0 Å². The summed E-state index contributed by atoms with van der Waals surface area (Å²) in [6, 6.07) is 10.7. The van der Waals surface area contributed by atoms with Gasteiger partial charge in [0, 0.05) is 37.3 Å². The lowest BCUT2D eigenvalue weighted by Crippen LogP contribution is -2.53. The molecule has 2 amide bonds. The quantitative estimate of drug-likeness (QED) is 0.776. The lowest BCUT2D eigenvalue weighted by Gasteiger charge is -2.35. The summed E-state index contributed by atoms with van der Waals surface area (Å²) in [5.41, 5.74) is 1.02. The van der Waals surface area contributed by atoms with Crippen molar-refractivity contribution in [2.45, 2.75) is 18.4 Å². The fraction of sp³-hybridized carbons (Fsp3) is 0.364. The van der Waals surface area contributed by atoms with E-state index in [1.165, 1.54) is 7.11 Å². The van der Waals surface area contributed by atoms with Crippen LogP contribution in [-0.2, 0) is 4.79 Å². The fourth-order valence-corrected chi connectivity index (χ4v) is 4.29. The number of hydrogen-bond acceptors (Lipinski definition) is 4. The number of rotatable bonds is 4. The molecule has 1 aliphatic carbocycles. The summed E-state index contributed by atoms with van der Waals surface area (Å²) in [6.45, 7) is 1.77. The Morgan fingerprint density at radius 3 is 2.13 bits per heavy atom. The Hall–Kier alpha value is -2.28. The van der Waals surface area contributed by atoms with Crippen molar-refractivity contribution in [3.63, 3.8) is 0 Å². The first kappa shape index (κ1) is 21.0. The molecule has 0 radical (unpaired) electrons. The van der Waals surface area contributed by atoms with Gasteiger partial charge in [0.2, 0.25) is 0 Å². The number of hydrogen-bond donors (Lipinski definition) is 1. The van der Waals surface area contributed by atoms with Crippen LogP contribution in [-0.4, -0.2) is 65.6 Å². The molecule has 1 N–H and O–H groups in total. The van der Waals surface area contributed by atoms with Gasteiger partial charge in [-0.1, -0.05) is 41.4 Å². The molecule has 1 aliphatic heterocycles. The zero-order chi connectivity index (χ0) is 21.5. The molecule has 158 valence electrons. The topological polar surface area (TPSA) is 70.1 Å². The molecule has 8 heteroatoms. The molecule has 2 fully saturated rings. The third-order valence-electron chi connectivity index (χ3n) is 5.67. The summed E-state index contributed by atoms with van der Waals surface area (Å²) in [4.78, 5) is 28.5. The van der Waals surface area contributed by atoms with Crippen molar-refractivity contribution in [3.05, 3.63) is 52.0 Å². The Balaban J connectivity index is 1.43. The number of piperazine rings is 1. The van der Waals surface area contributed by atoms with Gasteiger partial charge in [-0.05, 0) is 36.6 Å². The average molecular weight is 449 g/mol. The minimum absolute atomic E-state index is 0.0847. The Bertz CT molecular complexity index is 981. The molecular weight excluding hydrogens is 427 g/mol. The molecule has 4 rings (SSSR count). The largest absolute Gasteiger partial charge is 0.494 e. The molecule has 0 aromatic heterocycles. The SMILES string of the molecule is COc1c(Cl)ccc(-c2ccc(C(=O)N3CCN(C(=O)C4(O)CC4)CC3)cc2)c1Cl. The van der Waals surface area contributed by atoms with E-state index in [-0.39, 0.29) is 11.8 Å². The Labute approximate surface area is 184 Å². The molecule has 1 saturated carbocycles. The first-order valence-electron chi connectivity index (χ1n) is 9.77. The number of amides is 2. The predicted molar refractivity (Wildman–Crippen MR) is 115 cm³/mol. The van der Waals surface area contributed by atoms with Crippen molar-refractivity contribution >= 4 is 35.0 Å². The predicted octanol–water partition coefficient (Wildman–Crippen LogP) is 3.48. The average Bonchev–Trinajstić information content (AvgIpc) is 3.52. The molecule has 6 nitrogen and oxygen atoms in total. The second kappa shape index (κ2) is 8.10. The minimum Gasteiger partial charge on any atom is -0.494 e. The lowest BCUT2D eigenvalue weighted by atomic mass is 10.0. The van der Waals surface area contributed by atoms with Crippen LogP contribution >= 0.6 is 23.2 Å². The van der Waals surface area contributed by atoms with Gasteiger partial charge in [0.1, 0.15) is 5.60 Å². The van der Waals surface area contributed by atoms with Gasteiger partial charge in [0.05, 0.1) is 17.2 Å². The molecule has 30 heavy (non-hydrogen) atoms. The van der Waals surface area contributed by atoms with Gasteiger partial charge < -0.3 is 19.6 Å². The second-order valence-electron chi connectivity index (χ2n) is 7.64. The fourth-order valence-electron chi connectivity index (χ4n) is 3.66. The maximum absolute atomic E-state index is 12.9. The number of carbonyl (C=O) groups excluding carboxylic acids is 2. The highest BCUT2D eigenvalue weighted by molar-refractivity contribution is 6.39. The highest BCUT2D eigenvalue weighted by Crippen LogP contribution is 2.40. The van der Waals surface area contributed by atoms with E-state index >= 15 is 0 Å². The highest BCUT2D eigenvalue weighted by Gasteiger charge is 2.50. The molecule has 0 bridgehead atoms.